The van der Waals surface area contributed by atoms with Crippen LogP contribution in [0.5, 0.6) is 0 Å². The number of hydrogen-bond donors (Lipinski definition) is 1. The second kappa shape index (κ2) is 5.61. The summed E-state index contributed by atoms with van der Waals surface area (Å²) >= 11 is 0. The molecule has 1 saturated carbocycles. The van der Waals surface area contributed by atoms with Gasteiger partial charge in [-0.1, -0.05) is 41.0 Å². The normalized spacial score (nSPS) is 40.0. The highest BCUT2D eigenvalue weighted by Crippen LogP contribution is 2.44. The van der Waals surface area contributed by atoms with Crippen molar-refractivity contribution in [1.29, 1.82) is 0 Å². The Morgan fingerprint density at radius 1 is 1.10 bits per heavy atom. The van der Waals surface area contributed by atoms with Crippen molar-refractivity contribution in [1.82, 2.24) is 5.32 Å². The second-order valence-corrected chi connectivity index (χ2v) is 8.85. The third kappa shape index (κ3) is 3.39. The Morgan fingerprint density at radius 2 is 1.80 bits per heavy atom. The van der Waals surface area contributed by atoms with Crippen LogP contribution in [0, 0.1) is 17.3 Å². The van der Waals surface area contributed by atoms with Gasteiger partial charge in [0, 0.05) is 13.1 Å². The zero-order valence-corrected chi connectivity index (χ0v) is 14.5. The predicted molar refractivity (Wildman–Crippen MR) is 86.0 cm³/mol. The average Bonchev–Trinajstić information content (AvgIpc) is 2.51. The van der Waals surface area contributed by atoms with E-state index in [4.69, 9.17) is 4.74 Å². The molecule has 1 saturated heterocycles. The van der Waals surface area contributed by atoms with E-state index in [1.165, 1.54) is 32.1 Å². The first-order valence-electron chi connectivity index (χ1n) is 8.58. The van der Waals surface area contributed by atoms with Crippen molar-refractivity contribution in [2.24, 2.45) is 17.3 Å². The molecule has 1 spiro atoms. The summed E-state index contributed by atoms with van der Waals surface area (Å²) in [7, 11) is 0. The summed E-state index contributed by atoms with van der Waals surface area (Å²) in [6.07, 6.45) is 6.46. The van der Waals surface area contributed by atoms with E-state index in [2.05, 4.69) is 46.9 Å². The van der Waals surface area contributed by atoms with Gasteiger partial charge < -0.3 is 10.1 Å². The van der Waals surface area contributed by atoms with E-state index >= 15 is 0 Å². The molecule has 1 aliphatic heterocycles. The SMILES string of the molecule is CC(C)C1(C)CNCC2(CCCC(C(C)(C)C)CC2)O1. The molecule has 0 amide bonds. The number of hydrogen-bond acceptors (Lipinski definition) is 2. The Hall–Kier alpha value is -0.0800. The maximum atomic E-state index is 6.74. The smallest absolute Gasteiger partial charge is 0.0814 e. The lowest BCUT2D eigenvalue weighted by molar-refractivity contribution is -0.194. The van der Waals surface area contributed by atoms with Crippen LogP contribution < -0.4 is 5.32 Å². The minimum atomic E-state index is -0.000179. The van der Waals surface area contributed by atoms with Crippen molar-refractivity contribution in [3.8, 4) is 0 Å². The van der Waals surface area contributed by atoms with Gasteiger partial charge in [0.2, 0.25) is 0 Å². The van der Waals surface area contributed by atoms with Gasteiger partial charge in [-0.25, -0.2) is 0 Å². The van der Waals surface area contributed by atoms with Gasteiger partial charge in [0.25, 0.3) is 0 Å². The van der Waals surface area contributed by atoms with Gasteiger partial charge >= 0.3 is 0 Å². The molecule has 2 fully saturated rings. The molecule has 20 heavy (non-hydrogen) atoms. The number of morpholine rings is 1. The monoisotopic (exact) mass is 281 g/mol. The minimum Gasteiger partial charge on any atom is -0.366 e. The lowest BCUT2D eigenvalue weighted by atomic mass is 9.76. The highest BCUT2D eigenvalue weighted by molar-refractivity contribution is 4.98. The summed E-state index contributed by atoms with van der Waals surface area (Å²) in [4.78, 5) is 0. The summed E-state index contributed by atoms with van der Waals surface area (Å²) in [6.45, 7) is 16.1. The van der Waals surface area contributed by atoms with Crippen LogP contribution in [0.4, 0.5) is 0 Å². The molecule has 3 unspecified atom stereocenters. The molecule has 1 heterocycles. The summed E-state index contributed by atoms with van der Waals surface area (Å²) in [5.41, 5.74) is 0.534. The second-order valence-electron chi connectivity index (χ2n) is 8.85. The number of rotatable bonds is 1. The molecule has 0 aromatic carbocycles. The van der Waals surface area contributed by atoms with Gasteiger partial charge in [0.05, 0.1) is 11.2 Å². The number of nitrogens with one attached hydrogen (secondary N) is 1. The molecule has 1 aliphatic carbocycles. The van der Waals surface area contributed by atoms with Crippen molar-refractivity contribution in [2.75, 3.05) is 13.1 Å². The van der Waals surface area contributed by atoms with E-state index in [1.54, 1.807) is 0 Å². The Balaban J connectivity index is 2.08. The minimum absolute atomic E-state index is 0.000179. The van der Waals surface area contributed by atoms with Gasteiger partial charge in [-0.05, 0) is 49.9 Å². The first kappa shape index (κ1) is 16.3. The van der Waals surface area contributed by atoms with E-state index in [0.717, 1.165) is 19.0 Å². The van der Waals surface area contributed by atoms with Crippen LogP contribution in [0.25, 0.3) is 0 Å². The topological polar surface area (TPSA) is 21.3 Å². The largest absolute Gasteiger partial charge is 0.366 e. The van der Waals surface area contributed by atoms with Gasteiger partial charge in [0.1, 0.15) is 0 Å². The fourth-order valence-electron chi connectivity index (χ4n) is 3.95. The summed E-state index contributed by atoms with van der Waals surface area (Å²) in [6, 6.07) is 0. The van der Waals surface area contributed by atoms with Crippen molar-refractivity contribution in [3.63, 3.8) is 0 Å². The maximum Gasteiger partial charge on any atom is 0.0814 e. The zero-order valence-electron chi connectivity index (χ0n) is 14.5. The molecule has 0 radical (unpaired) electrons. The van der Waals surface area contributed by atoms with E-state index in [1.807, 2.05) is 0 Å². The molecule has 0 bridgehead atoms. The van der Waals surface area contributed by atoms with E-state index in [-0.39, 0.29) is 11.2 Å². The highest BCUT2D eigenvalue weighted by atomic mass is 16.5. The Morgan fingerprint density at radius 3 is 2.40 bits per heavy atom. The van der Waals surface area contributed by atoms with Crippen LogP contribution in [-0.2, 0) is 4.74 Å². The molecule has 2 nitrogen and oxygen atoms in total. The van der Waals surface area contributed by atoms with Crippen molar-refractivity contribution >= 4 is 0 Å². The van der Waals surface area contributed by atoms with Gasteiger partial charge in [-0.15, -0.1) is 0 Å². The van der Waals surface area contributed by atoms with Gasteiger partial charge in [-0.3, -0.25) is 0 Å². The highest BCUT2D eigenvalue weighted by Gasteiger charge is 2.45. The molecular formula is C18H35NO. The zero-order chi connectivity index (χ0) is 15.0. The molecule has 0 aromatic rings. The summed E-state index contributed by atoms with van der Waals surface area (Å²) in [5, 5.41) is 3.67. The van der Waals surface area contributed by atoms with Crippen LogP contribution in [0.3, 0.4) is 0 Å². The van der Waals surface area contributed by atoms with Crippen LogP contribution in [0.2, 0.25) is 0 Å². The molecule has 2 aliphatic rings. The maximum absolute atomic E-state index is 6.74. The lowest BCUT2D eigenvalue weighted by Crippen LogP contribution is -2.61. The van der Waals surface area contributed by atoms with Crippen LogP contribution in [-0.4, -0.2) is 24.3 Å². The average molecular weight is 281 g/mol. The first-order valence-corrected chi connectivity index (χ1v) is 8.58. The third-order valence-electron chi connectivity index (χ3n) is 5.95. The summed E-state index contributed by atoms with van der Waals surface area (Å²) < 4.78 is 6.74. The van der Waals surface area contributed by atoms with Crippen LogP contribution >= 0.6 is 0 Å². The molecule has 3 atom stereocenters. The summed E-state index contributed by atoms with van der Waals surface area (Å²) in [5.74, 6) is 1.41. The number of ether oxygens (including phenoxy) is 1. The molecular weight excluding hydrogens is 246 g/mol. The fraction of sp³-hybridized carbons (Fsp3) is 1.00. The Kier molecular flexibility index (Phi) is 4.57. The molecule has 2 rings (SSSR count). The van der Waals surface area contributed by atoms with Crippen molar-refractivity contribution < 1.29 is 4.74 Å². The predicted octanol–water partition coefficient (Wildman–Crippen LogP) is 4.39. The van der Waals surface area contributed by atoms with Crippen molar-refractivity contribution in [2.45, 2.75) is 84.8 Å². The fourth-order valence-corrected chi connectivity index (χ4v) is 3.95. The van der Waals surface area contributed by atoms with E-state index < -0.39 is 0 Å². The first-order chi connectivity index (χ1) is 9.17. The molecule has 1 N–H and O–H groups in total. The molecule has 118 valence electrons. The van der Waals surface area contributed by atoms with Gasteiger partial charge in [0.15, 0.2) is 0 Å². The molecule has 0 aromatic heterocycles. The Labute approximate surface area is 126 Å². The van der Waals surface area contributed by atoms with Gasteiger partial charge in [-0.2, -0.15) is 0 Å². The standard InChI is InChI=1S/C18H35NO/c1-14(2)17(6)12-19-13-18(20-17)10-7-8-15(9-11-18)16(3,4)5/h14-15,19H,7-13H2,1-6H3. The third-order valence-corrected chi connectivity index (χ3v) is 5.95. The Bertz CT molecular complexity index is 333. The van der Waals surface area contributed by atoms with Crippen LogP contribution in [0.15, 0.2) is 0 Å². The molecule has 2 heteroatoms. The van der Waals surface area contributed by atoms with Crippen molar-refractivity contribution in [3.05, 3.63) is 0 Å². The van der Waals surface area contributed by atoms with Crippen LogP contribution in [0.1, 0.15) is 73.6 Å². The van der Waals surface area contributed by atoms with E-state index in [0.29, 0.717) is 11.3 Å². The lowest BCUT2D eigenvalue weighted by Gasteiger charge is -2.49. The quantitative estimate of drug-likeness (QED) is 0.770. The van der Waals surface area contributed by atoms with E-state index in [9.17, 15) is 0 Å².